The van der Waals surface area contributed by atoms with E-state index in [4.69, 9.17) is 9.47 Å². The number of carbonyl (C=O) groups excluding carboxylic acids is 2. The molecule has 2 aromatic rings. The highest BCUT2D eigenvalue weighted by atomic mass is 16.5. The van der Waals surface area contributed by atoms with Gasteiger partial charge in [-0.3, -0.25) is 4.79 Å². The van der Waals surface area contributed by atoms with E-state index in [-0.39, 0.29) is 11.5 Å². The van der Waals surface area contributed by atoms with E-state index in [0.29, 0.717) is 22.6 Å². The second-order valence-corrected chi connectivity index (χ2v) is 4.92. The molecule has 0 saturated carbocycles. The quantitative estimate of drug-likeness (QED) is 0.644. The van der Waals surface area contributed by atoms with Gasteiger partial charge in [-0.15, -0.1) is 0 Å². The van der Waals surface area contributed by atoms with Crippen molar-refractivity contribution in [2.75, 3.05) is 14.2 Å². The van der Waals surface area contributed by atoms with Crippen LogP contribution in [0, 0.1) is 0 Å². The standard InChI is InChI=1S/C18H14O5/c1-21-13-5-3-4-11(8-13)9-16-17(19)14-10-12(18(20)22-2)6-7-15(14)23-16/h3-10H,1-2H3. The van der Waals surface area contributed by atoms with E-state index in [1.165, 1.54) is 13.2 Å². The van der Waals surface area contributed by atoms with Crippen LogP contribution in [-0.4, -0.2) is 26.0 Å². The fourth-order valence-corrected chi connectivity index (χ4v) is 2.32. The Morgan fingerprint density at radius 3 is 2.70 bits per heavy atom. The molecule has 116 valence electrons. The summed E-state index contributed by atoms with van der Waals surface area (Å²) < 4.78 is 15.4. The normalized spacial score (nSPS) is 14.3. The van der Waals surface area contributed by atoms with E-state index in [1.54, 1.807) is 31.4 Å². The first-order valence-corrected chi connectivity index (χ1v) is 6.93. The molecular formula is C18H14O5. The number of hydrogen-bond acceptors (Lipinski definition) is 5. The molecule has 0 unspecified atom stereocenters. The fraction of sp³-hybridized carbons (Fsp3) is 0.111. The number of rotatable bonds is 3. The van der Waals surface area contributed by atoms with Crippen LogP contribution in [0.15, 0.2) is 48.2 Å². The number of methoxy groups -OCH3 is 2. The number of allylic oxidation sites excluding steroid dienone is 1. The van der Waals surface area contributed by atoms with Crippen molar-refractivity contribution in [1.29, 1.82) is 0 Å². The number of esters is 1. The molecule has 0 radical (unpaired) electrons. The molecule has 5 nitrogen and oxygen atoms in total. The molecule has 0 fully saturated rings. The lowest BCUT2D eigenvalue weighted by atomic mass is 10.1. The van der Waals surface area contributed by atoms with Crippen LogP contribution in [0.25, 0.3) is 6.08 Å². The molecule has 0 atom stereocenters. The molecule has 5 heteroatoms. The van der Waals surface area contributed by atoms with Gasteiger partial charge < -0.3 is 14.2 Å². The van der Waals surface area contributed by atoms with Crippen LogP contribution in [0.5, 0.6) is 11.5 Å². The zero-order valence-corrected chi connectivity index (χ0v) is 12.7. The number of benzene rings is 2. The number of ketones is 1. The van der Waals surface area contributed by atoms with Crippen LogP contribution in [-0.2, 0) is 4.74 Å². The Morgan fingerprint density at radius 1 is 1.13 bits per heavy atom. The zero-order valence-electron chi connectivity index (χ0n) is 12.7. The summed E-state index contributed by atoms with van der Waals surface area (Å²) in [5.74, 6) is 0.557. The van der Waals surface area contributed by atoms with Crippen molar-refractivity contribution in [2.24, 2.45) is 0 Å². The zero-order chi connectivity index (χ0) is 16.4. The van der Waals surface area contributed by atoms with Gasteiger partial charge in [-0.1, -0.05) is 12.1 Å². The van der Waals surface area contributed by atoms with Gasteiger partial charge in [0.15, 0.2) is 5.76 Å². The Kier molecular flexibility index (Phi) is 3.85. The van der Waals surface area contributed by atoms with Crippen molar-refractivity contribution in [1.82, 2.24) is 0 Å². The first-order valence-electron chi connectivity index (χ1n) is 6.93. The van der Waals surface area contributed by atoms with Crippen LogP contribution in [0.4, 0.5) is 0 Å². The Labute approximate surface area is 133 Å². The van der Waals surface area contributed by atoms with Gasteiger partial charge in [0.25, 0.3) is 0 Å². The summed E-state index contributed by atoms with van der Waals surface area (Å²) >= 11 is 0. The van der Waals surface area contributed by atoms with Gasteiger partial charge in [0.1, 0.15) is 11.5 Å². The van der Waals surface area contributed by atoms with Gasteiger partial charge in [0.2, 0.25) is 5.78 Å². The molecule has 0 spiro atoms. The first-order chi connectivity index (χ1) is 11.1. The molecule has 2 aromatic carbocycles. The highest BCUT2D eigenvalue weighted by Crippen LogP contribution is 2.33. The topological polar surface area (TPSA) is 61.8 Å². The molecule has 0 saturated heterocycles. The van der Waals surface area contributed by atoms with E-state index < -0.39 is 5.97 Å². The fourth-order valence-electron chi connectivity index (χ4n) is 2.32. The van der Waals surface area contributed by atoms with Crippen molar-refractivity contribution in [2.45, 2.75) is 0 Å². The number of Topliss-reactive ketones (excluding diaryl/α,β-unsaturated/α-hetero) is 1. The summed E-state index contributed by atoms with van der Waals surface area (Å²) in [6, 6.07) is 11.9. The van der Waals surface area contributed by atoms with E-state index in [0.717, 1.165) is 5.56 Å². The number of hydrogen-bond donors (Lipinski definition) is 0. The van der Waals surface area contributed by atoms with Crippen LogP contribution in [0.2, 0.25) is 0 Å². The first kappa shape index (κ1) is 14.8. The maximum Gasteiger partial charge on any atom is 0.337 e. The third-order valence-corrected chi connectivity index (χ3v) is 3.48. The van der Waals surface area contributed by atoms with Crippen molar-refractivity contribution < 1.29 is 23.8 Å². The van der Waals surface area contributed by atoms with Gasteiger partial charge in [-0.2, -0.15) is 0 Å². The minimum absolute atomic E-state index is 0.204. The summed E-state index contributed by atoms with van der Waals surface area (Å²) in [7, 11) is 2.87. The minimum Gasteiger partial charge on any atom is -0.497 e. The molecule has 0 N–H and O–H groups in total. The molecule has 0 bridgehead atoms. The van der Waals surface area contributed by atoms with Gasteiger partial charge in [-0.05, 0) is 42.0 Å². The molecule has 3 rings (SSSR count). The average molecular weight is 310 g/mol. The summed E-state index contributed by atoms with van der Waals surface area (Å²) in [5.41, 5.74) is 1.45. The predicted molar refractivity (Wildman–Crippen MR) is 83.7 cm³/mol. The Bertz CT molecular complexity index is 820. The maximum atomic E-state index is 12.4. The second-order valence-electron chi connectivity index (χ2n) is 4.92. The number of carbonyl (C=O) groups is 2. The lowest BCUT2D eigenvalue weighted by Gasteiger charge is -2.02. The molecule has 1 aliphatic heterocycles. The van der Waals surface area contributed by atoms with E-state index in [9.17, 15) is 9.59 Å². The highest BCUT2D eigenvalue weighted by molar-refractivity contribution is 6.15. The van der Waals surface area contributed by atoms with Crippen molar-refractivity contribution >= 4 is 17.8 Å². The van der Waals surface area contributed by atoms with Gasteiger partial charge in [0.05, 0.1) is 25.3 Å². The minimum atomic E-state index is -0.495. The molecule has 0 aliphatic carbocycles. The Hall–Kier alpha value is -3.08. The summed E-state index contributed by atoms with van der Waals surface area (Å²) in [6.45, 7) is 0. The van der Waals surface area contributed by atoms with Crippen LogP contribution in [0.1, 0.15) is 26.3 Å². The summed E-state index contributed by atoms with van der Waals surface area (Å²) in [6.07, 6.45) is 1.64. The SMILES string of the molecule is COC(=O)c1ccc2c(c1)C(=O)C(=Cc1cccc(OC)c1)O2. The van der Waals surface area contributed by atoms with Crippen LogP contribution >= 0.6 is 0 Å². The van der Waals surface area contributed by atoms with Gasteiger partial charge in [-0.25, -0.2) is 4.79 Å². The Morgan fingerprint density at radius 2 is 1.96 bits per heavy atom. The maximum absolute atomic E-state index is 12.4. The Balaban J connectivity index is 1.94. The van der Waals surface area contributed by atoms with Crippen molar-refractivity contribution in [3.05, 3.63) is 64.9 Å². The summed E-state index contributed by atoms with van der Waals surface area (Å²) in [4.78, 5) is 24.0. The monoisotopic (exact) mass is 310 g/mol. The van der Waals surface area contributed by atoms with Crippen LogP contribution in [0.3, 0.4) is 0 Å². The molecule has 0 amide bonds. The highest BCUT2D eigenvalue weighted by Gasteiger charge is 2.28. The van der Waals surface area contributed by atoms with E-state index in [2.05, 4.69) is 4.74 Å². The largest absolute Gasteiger partial charge is 0.497 e. The summed E-state index contributed by atoms with van der Waals surface area (Å²) in [5, 5.41) is 0. The van der Waals surface area contributed by atoms with Crippen molar-refractivity contribution in [3.8, 4) is 11.5 Å². The molecule has 23 heavy (non-hydrogen) atoms. The molecule has 0 aromatic heterocycles. The third kappa shape index (κ3) is 2.81. The van der Waals surface area contributed by atoms with Gasteiger partial charge >= 0.3 is 5.97 Å². The second kappa shape index (κ2) is 5.96. The van der Waals surface area contributed by atoms with E-state index >= 15 is 0 Å². The predicted octanol–water partition coefficient (Wildman–Crippen LogP) is 3.10. The van der Waals surface area contributed by atoms with E-state index in [1.807, 2.05) is 18.2 Å². The smallest absolute Gasteiger partial charge is 0.337 e. The number of ether oxygens (including phenoxy) is 3. The third-order valence-electron chi connectivity index (χ3n) is 3.48. The molecular weight excluding hydrogens is 296 g/mol. The molecule has 1 aliphatic rings. The van der Waals surface area contributed by atoms with Gasteiger partial charge in [0, 0.05) is 0 Å². The molecule has 1 heterocycles. The number of fused-ring (bicyclic) bond motifs is 1. The lowest BCUT2D eigenvalue weighted by molar-refractivity contribution is 0.0600. The van der Waals surface area contributed by atoms with Crippen LogP contribution < -0.4 is 9.47 Å². The van der Waals surface area contributed by atoms with Crippen molar-refractivity contribution in [3.63, 3.8) is 0 Å². The average Bonchev–Trinajstić information content (AvgIpc) is 2.89. The lowest BCUT2D eigenvalue weighted by Crippen LogP contribution is -2.02.